The van der Waals surface area contributed by atoms with Gasteiger partial charge in [0, 0.05) is 30.3 Å². The van der Waals surface area contributed by atoms with Gasteiger partial charge in [0.25, 0.3) is 0 Å². The molecule has 1 aromatic heterocycles. The molecule has 3 nitrogen and oxygen atoms in total. The van der Waals surface area contributed by atoms with E-state index in [0.29, 0.717) is 17.2 Å². The predicted molar refractivity (Wildman–Crippen MR) is 121 cm³/mol. The number of aryl methyl sites for hydroxylation is 1. The molecule has 0 radical (unpaired) electrons. The lowest BCUT2D eigenvalue weighted by molar-refractivity contribution is -0.133. The van der Waals surface area contributed by atoms with E-state index in [2.05, 4.69) is 21.7 Å². The number of fused-ring (bicyclic) bond motifs is 1. The summed E-state index contributed by atoms with van der Waals surface area (Å²) in [5, 5.41) is 9.97. The Morgan fingerprint density at radius 1 is 1.06 bits per heavy atom. The molecule has 2 N–H and O–H groups in total. The number of nitrogens with zero attached hydrogens (tertiary/aromatic N) is 1. The van der Waals surface area contributed by atoms with Gasteiger partial charge < -0.3 is 10.6 Å². The van der Waals surface area contributed by atoms with Gasteiger partial charge in [0.15, 0.2) is 0 Å². The Morgan fingerprint density at radius 3 is 2.61 bits per heavy atom. The first kappa shape index (κ1) is 22.1. The van der Waals surface area contributed by atoms with Crippen LogP contribution in [0.1, 0.15) is 28.1 Å². The van der Waals surface area contributed by atoms with Crippen LogP contribution in [0.4, 0.5) is 18.9 Å². The summed E-state index contributed by atoms with van der Waals surface area (Å²) in [6, 6.07) is 12.0. The molecule has 4 rings (SSSR count). The number of alkyl halides is 3. The zero-order valence-corrected chi connectivity index (χ0v) is 18.4. The first-order valence-electron chi connectivity index (χ1n) is 10.2. The third kappa shape index (κ3) is 5.79. The number of halogens is 4. The zero-order valence-electron chi connectivity index (χ0n) is 16.9. The van der Waals surface area contributed by atoms with Gasteiger partial charge in [-0.15, -0.1) is 11.3 Å². The Hall–Kier alpha value is -2.09. The average molecular weight is 466 g/mol. The molecular weight excluding hydrogens is 443 g/mol. The van der Waals surface area contributed by atoms with Gasteiger partial charge in [0.1, 0.15) is 0 Å². The van der Waals surface area contributed by atoms with Crippen LogP contribution in [-0.2, 0) is 25.8 Å². The van der Waals surface area contributed by atoms with Crippen molar-refractivity contribution in [2.24, 2.45) is 0 Å². The van der Waals surface area contributed by atoms with Crippen molar-refractivity contribution >= 4 is 28.6 Å². The minimum atomic E-state index is -4.16. The first-order valence-corrected chi connectivity index (χ1v) is 11.5. The summed E-state index contributed by atoms with van der Waals surface area (Å²) in [6.45, 7) is 2.55. The molecule has 1 aliphatic rings. The van der Waals surface area contributed by atoms with Crippen molar-refractivity contribution < 1.29 is 13.2 Å². The van der Waals surface area contributed by atoms with Gasteiger partial charge in [-0.3, -0.25) is 0 Å². The maximum Gasteiger partial charge on any atom is 0.389 e. The Morgan fingerprint density at radius 2 is 1.84 bits per heavy atom. The summed E-state index contributed by atoms with van der Waals surface area (Å²) in [7, 11) is 0. The van der Waals surface area contributed by atoms with Gasteiger partial charge in [-0.05, 0) is 48.7 Å². The van der Waals surface area contributed by atoms with Crippen molar-refractivity contribution in [2.45, 2.75) is 38.4 Å². The molecule has 0 saturated carbocycles. The highest BCUT2D eigenvalue weighted by atomic mass is 35.5. The van der Waals surface area contributed by atoms with Gasteiger partial charge in [-0.2, -0.15) is 13.2 Å². The highest BCUT2D eigenvalue weighted by molar-refractivity contribution is 7.09. The van der Waals surface area contributed by atoms with Gasteiger partial charge >= 0.3 is 6.18 Å². The Kier molecular flexibility index (Phi) is 6.84. The second-order valence-electron chi connectivity index (χ2n) is 7.60. The summed E-state index contributed by atoms with van der Waals surface area (Å²) < 4.78 is 37.2. The summed E-state index contributed by atoms with van der Waals surface area (Å²) in [4.78, 5) is 4.36. The van der Waals surface area contributed by atoms with Crippen LogP contribution >= 0.6 is 22.9 Å². The van der Waals surface area contributed by atoms with E-state index in [1.807, 2.05) is 35.7 Å². The highest BCUT2D eigenvalue weighted by Gasteiger charge is 2.27. The zero-order chi connectivity index (χ0) is 21.8. The van der Waals surface area contributed by atoms with Crippen LogP contribution in [0, 0.1) is 0 Å². The van der Waals surface area contributed by atoms with Crippen molar-refractivity contribution in [3.8, 4) is 11.3 Å². The number of anilines is 1. The third-order valence-corrected chi connectivity index (χ3v) is 6.60. The van der Waals surface area contributed by atoms with E-state index in [1.165, 1.54) is 22.5 Å². The lowest BCUT2D eigenvalue weighted by atomic mass is 10.0. The molecule has 0 fully saturated rings. The Labute approximate surface area is 188 Å². The van der Waals surface area contributed by atoms with E-state index in [1.54, 1.807) is 0 Å². The normalized spacial score (nSPS) is 14.2. The summed E-state index contributed by atoms with van der Waals surface area (Å²) in [5.74, 6) is 0. The topological polar surface area (TPSA) is 37.0 Å². The number of rotatable bonds is 6. The molecule has 0 saturated heterocycles. The van der Waals surface area contributed by atoms with Crippen LogP contribution in [0.15, 0.2) is 41.8 Å². The molecule has 0 aliphatic carbocycles. The van der Waals surface area contributed by atoms with E-state index in [0.717, 1.165) is 47.8 Å². The first-order chi connectivity index (χ1) is 14.9. The molecule has 0 atom stereocenters. The predicted octanol–water partition coefficient (Wildman–Crippen LogP) is 6.26. The van der Waals surface area contributed by atoms with Crippen LogP contribution < -0.4 is 10.6 Å². The van der Waals surface area contributed by atoms with Crippen molar-refractivity contribution in [3.63, 3.8) is 0 Å². The third-order valence-electron chi connectivity index (χ3n) is 5.38. The molecule has 0 spiro atoms. The lowest BCUT2D eigenvalue weighted by Crippen LogP contribution is -2.16. The molecule has 31 heavy (non-hydrogen) atoms. The number of nitrogens with one attached hydrogen (secondary N) is 2. The second-order valence-corrected chi connectivity index (χ2v) is 8.95. The van der Waals surface area contributed by atoms with Crippen LogP contribution in [0.25, 0.3) is 11.3 Å². The molecule has 1 aliphatic heterocycles. The van der Waals surface area contributed by atoms with Crippen LogP contribution in [0.3, 0.4) is 0 Å². The van der Waals surface area contributed by atoms with Gasteiger partial charge in [-0.25, -0.2) is 4.98 Å². The fourth-order valence-corrected chi connectivity index (χ4v) is 4.78. The van der Waals surface area contributed by atoms with Gasteiger partial charge in [0.2, 0.25) is 0 Å². The summed E-state index contributed by atoms with van der Waals surface area (Å²) >= 11 is 7.75. The monoisotopic (exact) mass is 465 g/mol. The van der Waals surface area contributed by atoms with Crippen molar-refractivity contribution in [1.82, 2.24) is 10.3 Å². The van der Waals surface area contributed by atoms with E-state index >= 15 is 0 Å². The molecular formula is C23H23ClF3N3S. The maximum absolute atomic E-state index is 12.4. The fourth-order valence-electron chi connectivity index (χ4n) is 3.73. The molecule has 0 unspecified atom stereocenters. The molecule has 8 heteroatoms. The van der Waals surface area contributed by atoms with Crippen LogP contribution in [0.5, 0.6) is 0 Å². The van der Waals surface area contributed by atoms with E-state index in [4.69, 9.17) is 11.6 Å². The second kappa shape index (κ2) is 9.59. The van der Waals surface area contributed by atoms with Gasteiger partial charge in [0.05, 0.1) is 21.4 Å². The van der Waals surface area contributed by atoms with E-state index < -0.39 is 12.6 Å². The Balaban J connectivity index is 1.42. The van der Waals surface area contributed by atoms with Crippen molar-refractivity contribution in [3.05, 3.63) is 68.5 Å². The standard InChI is InChI=1S/C23H23ClF3N3S/c24-19-6-5-16-8-11-28-12-9-18(16)22(19)29-13-15-1-3-17(4-2-15)20-14-31-21(30-20)7-10-23(25,26)27/h1-6,14,28-29H,7-13H2. The minimum Gasteiger partial charge on any atom is -0.380 e. The molecule has 2 heterocycles. The van der Waals surface area contributed by atoms with Crippen molar-refractivity contribution in [2.75, 3.05) is 18.4 Å². The molecule has 0 bridgehead atoms. The van der Waals surface area contributed by atoms with Gasteiger partial charge in [-0.1, -0.05) is 41.9 Å². The van der Waals surface area contributed by atoms with Crippen LogP contribution in [-0.4, -0.2) is 24.2 Å². The maximum atomic E-state index is 12.4. The van der Waals surface area contributed by atoms with E-state index in [-0.39, 0.29) is 6.42 Å². The summed E-state index contributed by atoms with van der Waals surface area (Å²) in [5.41, 5.74) is 6.32. The largest absolute Gasteiger partial charge is 0.389 e. The molecule has 2 aromatic carbocycles. The highest BCUT2D eigenvalue weighted by Crippen LogP contribution is 2.31. The number of aromatic nitrogens is 1. The quantitative estimate of drug-likeness (QED) is 0.451. The SMILES string of the molecule is FC(F)(F)CCc1nc(-c2ccc(CNc3c(Cl)ccc4c3CCNCC4)cc2)cs1. The Bertz CT molecular complexity index is 1030. The summed E-state index contributed by atoms with van der Waals surface area (Å²) in [6.07, 6.45) is -3.14. The molecule has 0 amide bonds. The number of hydrogen-bond donors (Lipinski definition) is 2. The molecule has 3 aromatic rings. The fraction of sp³-hybridized carbons (Fsp3) is 0.348. The smallest absolute Gasteiger partial charge is 0.380 e. The number of thiazole rings is 1. The van der Waals surface area contributed by atoms with Crippen LogP contribution in [0.2, 0.25) is 5.02 Å². The van der Waals surface area contributed by atoms with Crippen molar-refractivity contribution in [1.29, 1.82) is 0 Å². The molecule has 164 valence electrons. The average Bonchev–Trinajstić information content (AvgIpc) is 3.09. The minimum absolute atomic E-state index is 0.0755. The van der Waals surface area contributed by atoms with E-state index in [9.17, 15) is 13.2 Å². The number of hydrogen-bond acceptors (Lipinski definition) is 4. The lowest BCUT2D eigenvalue weighted by Gasteiger charge is -2.16. The number of benzene rings is 2.